The highest BCUT2D eigenvalue weighted by atomic mass is 32.2. The molecule has 7 heteroatoms. The molecule has 1 aliphatic heterocycles. The van der Waals surface area contributed by atoms with Gasteiger partial charge >= 0.3 is 5.97 Å². The van der Waals surface area contributed by atoms with Crippen LogP contribution in [0, 0.1) is 0 Å². The number of sulfonamides is 1. The number of primary sulfonamides is 1. The van der Waals surface area contributed by atoms with Crippen molar-refractivity contribution < 1.29 is 23.1 Å². The van der Waals surface area contributed by atoms with E-state index in [1.165, 1.54) is 0 Å². The smallest absolute Gasteiger partial charge is 0.342 e. The Balaban J connectivity index is 1.84. The lowest BCUT2D eigenvalue weighted by Gasteiger charge is -2.37. The molecule has 1 heterocycles. The zero-order valence-electron chi connectivity index (χ0n) is 21.9. The van der Waals surface area contributed by atoms with Gasteiger partial charge in [-0.2, -0.15) is 0 Å². The number of cyclic esters (lactones) is 1. The van der Waals surface area contributed by atoms with E-state index in [0.717, 1.165) is 24.0 Å². The molecule has 3 aromatic carbocycles. The van der Waals surface area contributed by atoms with Crippen LogP contribution in [0.2, 0.25) is 0 Å². The van der Waals surface area contributed by atoms with Gasteiger partial charge in [0.15, 0.2) is 0 Å². The molecule has 6 nitrogen and oxygen atoms in total. The number of nitrogens with two attached hydrogens (primary N) is 1. The van der Waals surface area contributed by atoms with Crippen molar-refractivity contribution in [2.24, 2.45) is 5.14 Å². The van der Waals surface area contributed by atoms with Gasteiger partial charge in [-0.3, -0.25) is 0 Å². The SMILES string of the molecule is CCCc1ccc(C2=C(O)CC(CCC)(CCc3ccccc3)OC2=O)c(S(N)(=O)=O)c1-c1ccccc1. The van der Waals surface area contributed by atoms with Gasteiger partial charge in [0, 0.05) is 17.5 Å². The van der Waals surface area contributed by atoms with Gasteiger partial charge in [0.1, 0.15) is 16.9 Å². The van der Waals surface area contributed by atoms with Crippen molar-refractivity contribution in [3.63, 3.8) is 0 Å². The third-order valence-corrected chi connectivity index (χ3v) is 8.08. The number of hydrogen-bond acceptors (Lipinski definition) is 5. The van der Waals surface area contributed by atoms with E-state index >= 15 is 0 Å². The molecule has 0 radical (unpaired) electrons. The first-order chi connectivity index (χ1) is 18.2. The van der Waals surface area contributed by atoms with E-state index in [4.69, 9.17) is 9.88 Å². The summed E-state index contributed by atoms with van der Waals surface area (Å²) in [6.07, 6.45) is 4.09. The second kappa shape index (κ2) is 11.5. The Morgan fingerprint density at radius 3 is 2.13 bits per heavy atom. The fourth-order valence-corrected chi connectivity index (χ4v) is 6.46. The third kappa shape index (κ3) is 5.84. The fourth-order valence-electron chi connectivity index (χ4n) is 5.45. The molecule has 0 spiro atoms. The first kappa shape index (κ1) is 27.6. The molecule has 0 saturated carbocycles. The Morgan fingerprint density at radius 1 is 0.895 bits per heavy atom. The molecule has 0 aromatic heterocycles. The fraction of sp³-hybridized carbons (Fsp3) is 0.323. The van der Waals surface area contributed by atoms with Crippen LogP contribution in [0.4, 0.5) is 0 Å². The normalized spacial score (nSPS) is 17.9. The Morgan fingerprint density at radius 2 is 1.55 bits per heavy atom. The van der Waals surface area contributed by atoms with E-state index in [0.29, 0.717) is 36.8 Å². The summed E-state index contributed by atoms with van der Waals surface area (Å²) in [5, 5.41) is 17.1. The van der Waals surface area contributed by atoms with Crippen molar-refractivity contribution in [3.8, 4) is 11.1 Å². The monoisotopic (exact) mass is 533 g/mol. The number of carbonyl (C=O) groups excluding carboxylic acids is 1. The summed E-state index contributed by atoms with van der Waals surface area (Å²) in [7, 11) is -4.29. The minimum Gasteiger partial charge on any atom is -0.511 e. The van der Waals surface area contributed by atoms with Gasteiger partial charge in [-0.15, -0.1) is 0 Å². The van der Waals surface area contributed by atoms with Crippen molar-refractivity contribution in [1.82, 2.24) is 0 Å². The van der Waals surface area contributed by atoms with Gasteiger partial charge < -0.3 is 9.84 Å². The zero-order valence-corrected chi connectivity index (χ0v) is 22.8. The van der Waals surface area contributed by atoms with Crippen LogP contribution in [-0.4, -0.2) is 25.1 Å². The predicted molar refractivity (Wildman–Crippen MR) is 150 cm³/mol. The maximum Gasteiger partial charge on any atom is 0.342 e. The van der Waals surface area contributed by atoms with Gasteiger partial charge in [0.05, 0.1) is 4.90 Å². The van der Waals surface area contributed by atoms with Crippen molar-refractivity contribution in [2.45, 2.75) is 69.3 Å². The molecule has 1 unspecified atom stereocenters. The molecule has 0 fully saturated rings. The topological polar surface area (TPSA) is 107 Å². The summed E-state index contributed by atoms with van der Waals surface area (Å²) < 4.78 is 32.2. The van der Waals surface area contributed by atoms with E-state index < -0.39 is 21.6 Å². The predicted octanol–water partition coefficient (Wildman–Crippen LogP) is 6.34. The molecule has 4 rings (SSSR count). The number of aliphatic hydroxyl groups excluding tert-OH is 1. The largest absolute Gasteiger partial charge is 0.511 e. The number of rotatable bonds is 10. The molecular formula is C31H35NO5S. The van der Waals surface area contributed by atoms with Crippen LogP contribution in [0.1, 0.15) is 62.6 Å². The molecular weight excluding hydrogens is 498 g/mol. The minimum atomic E-state index is -4.29. The van der Waals surface area contributed by atoms with Crippen molar-refractivity contribution in [3.05, 3.63) is 95.2 Å². The Bertz CT molecular complexity index is 1430. The number of benzene rings is 3. The molecule has 38 heavy (non-hydrogen) atoms. The van der Waals surface area contributed by atoms with E-state index in [2.05, 4.69) is 0 Å². The van der Waals surface area contributed by atoms with Crippen molar-refractivity contribution >= 4 is 21.6 Å². The molecule has 0 amide bonds. The van der Waals surface area contributed by atoms with Crippen LogP contribution in [0.15, 0.2) is 83.5 Å². The average molecular weight is 534 g/mol. The molecule has 200 valence electrons. The lowest BCUT2D eigenvalue weighted by Crippen LogP contribution is -2.40. The Labute approximate surface area is 225 Å². The number of esters is 1. The lowest BCUT2D eigenvalue weighted by atomic mass is 9.82. The van der Waals surface area contributed by atoms with Gasteiger partial charge in [-0.05, 0) is 42.4 Å². The standard InChI is InChI=1S/C31H35NO5S/c1-3-11-23-16-17-25(29(38(32,35)36)27(23)24-14-9-6-10-15-24)28-26(33)21-31(19-4-2,37-30(28)34)20-18-22-12-7-5-8-13-22/h5-10,12-17,33H,3-4,11,18-21H2,1-2H3,(H2,32,35,36). The molecule has 1 aliphatic rings. The number of carbonyl (C=O) groups is 1. The number of ether oxygens (including phenoxy) is 1. The summed E-state index contributed by atoms with van der Waals surface area (Å²) in [4.78, 5) is 13.4. The number of aryl methyl sites for hydroxylation is 2. The summed E-state index contributed by atoms with van der Waals surface area (Å²) in [6, 6.07) is 22.4. The van der Waals surface area contributed by atoms with Crippen LogP contribution in [0.3, 0.4) is 0 Å². The third-order valence-electron chi connectivity index (χ3n) is 7.09. The summed E-state index contributed by atoms with van der Waals surface area (Å²) in [5.41, 5.74) is 2.11. The quantitative estimate of drug-likeness (QED) is 0.296. The Kier molecular flexibility index (Phi) is 8.38. The van der Waals surface area contributed by atoms with E-state index in [9.17, 15) is 18.3 Å². The second-order valence-electron chi connectivity index (χ2n) is 9.94. The van der Waals surface area contributed by atoms with Crippen LogP contribution in [0.5, 0.6) is 0 Å². The first-order valence-corrected chi connectivity index (χ1v) is 14.7. The molecule has 3 aromatic rings. The highest BCUT2D eigenvalue weighted by molar-refractivity contribution is 7.89. The highest BCUT2D eigenvalue weighted by Gasteiger charge is 2.43. The maximum atomic E-state index is 13.6. The van der Waals surface area contributed by atoms with Crippen molar-refractivity contribution in [1.29, 1.82) is 0 Å². The van der Waals surface area contributed by atoms with Gasteiger partial charge in [0.25, 0.3) is 0 Å². The first-order valence-electron chi connectivity index (χ1n) is 13.1. The highest BCUT2D eigenvalue weighted by Crippen LogP contribution is 2.43. The van der Waals surface area contributed by atoms with Gasteiger partial charge in [0.2, 0.25) is 10.0 Å². The van der Waals surface area contributed by atoms with Gasteiger partial charge in [-0.1, -0.05) is 99.5 Å². The number of hydrogen-bond donors (Lipinski definition) is 2. The Hall–Kier alpha value is -3.42. The number of aliphatic hydroxyl groups is 1. The zero-order chi connectivity index (χ0) is 27.3. The maximum absolute atomic E-state index is 13.6. The summed E-state index contributed by atoms with van der Waals surface area (Å²) in [5.74, 6) is -0.905. The molecule has 3 N–H and O–H groups in total. The van der Waals surface area contributed by atoms with E-state index in [-0.39, 0.29) is 28.2 Å². The van der Waals surface area contributed by atoms with Crippen LogP contribution in [-0.2, 0) is 32.4 Å². The van der Waals surface area contributed by atoms with Crippen molar-refractivity contribution in [2.75, 3.05) is 0 Å². The molecule has 0 aliphatic carbocycles. The van der Waals surface area contributed by atoms with E-state index in [1.54, 1.807) is 6.07 Å². The second-order valence-corrected chi connectivity index (χ2v) is 11.4. The van der Waals surface area contributed by atoms with E-state index in [1.807, 2.05) is 80.6 Å². The lowest BCUT2D eigenvalue weighted by molar-refractivity contribution is -0.157. The molecule has 0 saturated heterocycles. The van der Waals surface area contributed by atoms with Crippen LogP contribution >= 0.6 is 0 Å². The molecule has 1 atom stereocenters. The average Bonchev–Trinajstić information content (AvgIpc) is 2.88. The summed E-state index contributed by atoms with van der Waals surface area (Å²) in [6.45, 7) is 4.01. The summed E-state index contributed by atoms with van der Waals surface area (Å²) >= 11 is 0. The molecule has 0 bridgehead atoms. The minimum absolute atomic E-state index is 0.0712. The van der Waals surface area contributed by atoms with Gasteiger partial charge in [-0.25, -0.2) is 18.4 Å². The van der Waals surface area contributed by atoms with Crippen LogP contribution in [0.25, 0.3) is 16.7 Å². The van der Waals surface area contributed by atoms with Crippen LogP contribution < -0.4 is 5.14 Å².